The fraction of sp³-hybridized carbons (Fsp3) is 0.500. The lowest BCUT2D eigenvalue weighted by Gasteiger charge is -2.36. The van der Waals surface area contributed by atoms with Crippen LogP contribution in [0.25, 0.3) is 0 Å². The SMILES string of the molecule is COc1ccc([C@](C)(O)[C@@H]2CCCN2C(=O)c2cc(C3CC3)no2)cc1. The lowest BCUT2D eigenvalue weighted by molar-refractivity contribution is -0.0187. The summed E-state index contributed by atoms with van der Waals surface area (Å²) in [5.74, 6) is 1.25. The normalized spacial score (nSPS) is 22.3. The van der Waals surface area contributed by atoms with Gasteiger partial charge < -0.3 is 19.3 Å². The van der Waals surface area contributed by atoms with Crippen molar-refractivity contribution in [3.63, 3.8) is 0 Å². The molecule has 1 N–H and O–H groups in total. The summed E-state index contributed by atoms with van der Waals surface area (Å²) in [4.78, 5) is 14.7. The Bertz CT molecular complexity index is 792. The fourth-order valence-corrected chi connectivity index (χ4v) is 3.82. The molecule has 1 aliphatic heterocycles. The van der Waals surface area contributed by atoms with Gasteiger partial charge in [0.15, 0.2) is 0 Å². The van der Waals surface area contributed by atoms with Crippen molar-refractivity contribution in [2.75, 3.05) is 13.7 Å². The van der Waals surface area contributed by atoms with Crippen LogP contribution in [0, 0.1) is 0 Å². The topological polar surface area (TPSA) is 75.8 Å². The zero-order chi connectivity index (χ0) is 18.3. The highest BCUT2D eigenvalue weighted by atomic mass is 16.5. The molecule has 1 aliphatic carbocycles. The van der Waals surface area contributed by atoms with Gasteiger partial charge in [-0.15, -0.1) is 0 Å². The molecule has 1 saturated heterocycles. The summed E-state index contributed by atoms with van der Waals surface area (Å²) in [6, 6.07) is 8.79. The van der Waals surface area contributed by atoms with Crippen molar-refractivity contribution in [3.8, 4) is 5.75 Å². The standard InChI is InChI=1S/C20H24N2O4/c1-20(24,14-7-9-15(25-2)10-8-14)18-4-3-11-22(18)19(23)17-12-16(21-26-17)13-5-6-13/h7-10,12-13,18,24H,3-6,11H2,1-2H3/t18-,20-/m0/s1. The van der Waals surface area contributed by atoms with E-state index >= 15 is 0 Å². The largest absolute Gasteiger partial charge is 0.497 e. The molecule has 1 amide bonds. The van der Waals surface area contributed by atoms with E-state index in [1.807, 2.05) is 24.3 Å². The second-order valence-electron chi connectivity index (χ2n) is 7.42. The first kappa shape index (κ1) is 17.1. The molecule has 1 aromatic heterocycles. The molecule has 6 heteroatoms. The summed E-state index contributed by atoms with van der Waals surface area (Å²) in [5.41, 5.74) is 0.475. The van der Waals surface area contributed by atoms with Gasteiger partial charge in [-0.3, -0.25) is 4.79 Å². The second kappa shape index (κ2) is 6.43. The van der Waals surface area contributed by atoms with Crippen molar-refractivity contribution >= 4 is 5.91 Å². The average molecular weight is 356 g/mol. The van der Waals surface area contributed by atoms with E-state index < -0.39 is 5.60 Å². The zero-order valence-electron chi connectivity index (χ0n) is 15.1. The van der Waals surface area contributed by atoms with Gasteiger partial charge in [0.2, 0.25) is 5.76 Å². The number of carbonyl (C=O) groups is 1. The summed E-state index contributed by atoms with van der Waals surface area (Å²) in [7, 11) is 1.61. The Morgan fingerprint density at radius 2 is 2.04 bits per heavy atom. The molecular weight excluding hydrogens is 332 g/mol. The predicted octanol–water partition coefficient (Wildman–Crippen LogP) is 3.07. The summed E-state index contributed by atoms with van der Waals surface area (Å²) < 4.78 is 10.5. The van der Waals surface area contributed by atoms with Crippen LogP contribution in [-0.2, 0) is 5.60 Å². The lowest BCUT2D eigenvalue weighted by atomic mass is 9.86. The van der Waals surface area contributed by atoms with Crippen LogP contribution in [0.3, 0.4) is 0 Å². The maximum absolute atomic E-state index is 13.0. The summed E-state index contributed by atoms with van der Waals surface area (Å²) >= 11 is 0. The van der Waals surface area contributed by atoms with Crippen LogP contribution in [0.1, 0.15) is 60.3 Å². The first-order valence-corrected chi connectivity index (χ1v) is 9.15. The molecule has 0 spiro atoms. The smallest absolute Gasteiger partial charge is 0.292 e. The van der Waals surface area contributed by atoms with Crippen molar-refractivity contribution in [1.29, 1.82) is 0 Å². The molecule has 2 fully saturated rings. The molecular formula is C20H24N2O4. The Morgan fingerprint density at radius 1 is 1.31 bits per heavy atom. The second-order valence-corrected chi connectivity index (χ2v) is 7.42. The Kier molecular flexibility index (Phi) is 4.23. The number of methoxy groups -OCH3 is 1. The van der Waals surface area contributed by atoms with Gasteiger partial charge in [-0.25, -0.2) is 0 Å². The van der Waals surface area contributed by atoms with Gasteiger partial charge in [0.25, 0.3) is 5.91 Å². The number of carbonyl (C=O) groups excluding carboxylic acids is 1. The van der Waals surface area contributed by atoms with Crippen LogP contribution in [0.2, 0.25) is 0 Å². The quantitative estimate of drug-likeness (QED) is 0.891. The van der Waals surface area contributed by atoms with Crippen LogP contribution < -0.4 is 4.74 Å². The Labute approximate surface area is 152 Å². The average Bonchev–Trinajstić information content (AvgIpc) is 3.18. The number of nitrogens with zero attached hydrogens (tertiary/aromatic N) is 2. The third kappa shape index (κ3) is 2.98. The highest BCUT2D eigenvalue weighted by molar-refractivity contribution is 5.92. The molecule has 0 unspecified atom stereocenters. The molecule has 26 heavy (non-hydrogen) atoms. The first-order valence-electron chi connectivity index (χ1n) is 9.15. The van der Waals surface area contributed by atoms with Gasteiger partial charge in [0.05, 0.1) is 18.8 Å². The molecule has 2 atom stereocenters. The molecule has 1 aromatic carbocycles. The number of amides is 1. The number of hydrogen-bond donors (Lipinski definition) is 1. The molecule has 2 heterocycles. The molecule has 2 aromatic rings. The van der Waals surface area contributed by atoms with E-state index in [4.69, 9.17) is 9.26 Å². The Morgan fingerprint density at radius 3 is 2.69 bits per heavy atom. The van der Waals surface area contributed by atoms with Gasteiger partial charge in [-0.1, -0.05) is 17.3 Å². The molecule has 4 rings (SSSR count). The maximum atomic E-state index is 13.0. The van der Waals surface area contributed by atoms with Gasteiger partial charge in [0.1, 0.15) is 11.4 Å². The van der Waals surface area contributed by atoms with Crippen LogP contribution in [0.15, 0.2) is 34.9 Å². The number of aliphatic hydroxyl groups is 1. The van der Waals surface area contributed by atoms with Crippen molar-refractivity contribution in [2.24, 2.45) is 0 Å². The zero-order valence-corrected chi connectivity index (χ0v) is 15.1. The fourth-order valence-electron chi connectivity index (χ4n) is 3.82. The summed E-state index contributed by atoms with van der Waals surface area (Å²) in [6.07, 6.45) is 3.82. The minimum absolute atomic E-state index is 0.194. The number of rotatable bonds is 5. The number of hydrogen-bond acceptors (Lipinski definition) is 5. The predicted molar refractivity (Wildman–Crippen MR) is 95.1 cm³/mol. The highest BCUT2D eigenvalue weighted by Crippen LogP contribution is 2.40. The minimum atomic E-state index is -1.15. The molecule has 6 nitrogen and oxygen atoms in total. The summed E-state index contributed by atoms with van der Waals surface area (Å²) in [5, 5.41) is 15.3. The monoisotopic (exact) mass is 356 g/mol. The van der Waals surface area contributed by atoms with Crippen molar-refractivity contribution in [2.45, 2.75) is 50.2 Å². The van der Waals surface area contributed by atoms with E-state index in [1.54, 1.807) is 25.0 Å². The lowest BCUT2D eigenvalue weighted by Crippen LogP contribution is -2.48. The summed E-state index contributed by atoms with van der Waals surface area (Å²) in [6.45, 7) is 2.37. The third-order valence-corrected chi connectivity index (χ3v) is 5.57. The molecule has 2 aliphatic rings. The van der Waals surface area contributed by atoms with Gasteiger partial charge in [-0.05, 0) is 50.3 Å². The number of aromatic nitrogens is 1. The minimum Gasteiger partial charge on any atom is -0.497 e. The van der Waals surface area contributed by atoms with Gasteiger partial charge >= 0.3 is 0 Å². The Balaban J connectivity index is 1.56. The van der Waals surface area contributed by atoms with Gasteiger partial charge in [-0.2, -0.15) is 0 Å². The van der Waals surface area contributed by atoms with E-state index in [-0.39, 0.29) is 17.7 Å². The van der Waals surface area contributed by atoms with E-state index in [1.165, 1.54) is 0 Å². The van der Waals surface area contributed by atoms with Crippen LogP contribution in [0.4, 0.5) is 0 Å². The van der Waals surface area contributed by atoms with E-state index in [0.717, 1.165) is 42.7 Å². The highest BCUT2D eigenvalue weighted by Gasteiger charge is 2.43. The van der Waals surface area contributed by atoms with E-state index in [2.05, 4.69) is 5.16 Å². The number of likely N-dealkylation sites (tertiary alicyclic amines) is 1. The van der Waals surface area contributed by atoms with E-state index in [0.29, 0.717) is 12.5 Å². The van der Waals surface area contributed by atoms with Gasteiger partial charge in [0, 0.05) is 18.5 Å². The van der Waals surface area contributed by atoms with E-state index in [9.17, 15) is 9.90 Å². The molecule has 1 saturated carbocycles. The van der Waals surface area contributed by atoms with Crippen molar-refractivity contribution < 1.29 is 19.2 Å². The maximum Gasteiger partial charge on any atom is 0.292 e. The molecule has 138 valence electrons. The van der Waals surface area contributed by atoms with Crippen LogP contribution in [-0.4, -0.2) is 40.8 Å². The Hall–Kier alpha value is -2.34. The molecule has 0 bridgehead atoms. The van der Waals surface area contributed by atoms with Crippen LogP contribution >= 0.6 is 0 Å². The van der Waals surface area contributed by atoms with Crippen molar-refractivity contribution in [1.82, 2.24) is 10.1 Å². The third-order valence-electron chi connectivity index (χ3n) is 5.57. The number of benzene rings is 1. The number of ether oxygens (including phenoxy) is 1. The molecule has 0 radical (unpaired) electrons. The van der Waals surface area contributed by atoms with Crippen molar-refractivity contribution in [3.05, 3.63) is 47.3 Å². The van der Waals surface area contributed by atoms with Crippen LogP contribution in [0.5, 0.6) is 5.75 Å². The first-order chi connectivity index (χ1) is 12.5.